The van der Waals surface area contributed by atoms with Gasteiger partial charge in [-0.15, -0.1) is 0 Å². The number of hydrogen-bond donors (Lipinski definition) is 3. The monoisotopic (exact) mass is 268 g/mol. The van der Waals surface area contributed by atoms with E-state index in [0.29, 0.717) is 5.95 Å². The van der Waals surface area contributed by atoms with Crippen LogP contribution in [0.2, 0.25) is 0 Å². The SMILES string of the molecule is CCCc1cc(=O)[nH]c(Nc2ccc3cc[nH]c3c2)n1. The van der Waals surface area contributed by atoms with Crippen molar-refractivity contribution in [2.24, 2.45) is 0 Å². The number of H-pyrrole nitrogens is 2. The second-order valence-corrected chi connectivity index (χ2v) is 4.74. The van der Waals surface area contributed by atoms with E-state index in [1.807, 2.05) is 30.5 Å². The van der Waals surface area contributed by atoms with Crippen molar-refractivity contribution in [2.45, 2.75) is 19.8 Å². The summed E-state index contributed by atoms with van der Waals surface area (Å²) in [6.45, 7) is 2.06. The molecular weight excluding hydrogens is 252 g/mol. The standard InChI is InChI=1S/C15H16N4O/c1-2-3-11-9-14(20)19-15(17-11)18-12-5-4-10-6-7-16-13(10)8-12/h4-9,16H,2-3H2,1H3,(H2,17,18,19,20). The van der Waals surface area contributed by atoms with Gasteiger partial charge in [-0.2, -0.15) is 0 Å². The first-order chi connectivity index (χ1) is 9.74. The van der Waals surface area contributed by atoms with E-state index in [0.717, 1.165) is 35.1 Å². The molecule has 20 heavy (non-hydrogen) atoms. The van der Waals surface area contributed by atoms with Gasteiger partial charge in [0.25, 0.3) is 5.56 Å². The van der Waals surface area contributed by atoms with Crippen molar-refractivity contribution < 1.29 is 0 Å². The number of nitrogens with one attached hydrogen (secondary N) is 3. The minimum atomic E-state index is -0.132. The highest BCUT2D eigenvalue weighted by Crippen LogP contribution is 2.19. The number of fused-ring (bicyclic) bond motifs is 1. The van der Waals surface area contributed by atoms with Gasteiger partial charge in [0.05, 0.1) is 0 Å². The van der Waals surface area contributed by atoms with Crippen molar-refractivity contribution in [3.8, 4) is 0 Å². The van der Waals surface area contributed by atoms with Gasteiger partial charge in [-0.05, 0) is 30.0 Å². The van der Waals surface area contributed by atoms with Crippen LogP contribution in [0.25, 0.3) is 10.9 Å². The first-order valence-electron chi connectivity index (χ1n) is 6.69. The van der Waals surface area contributed by atoms with Crippen molar-refractivity contribution >= 4 is 22.5 Å². The van der Waals surface area contributed by atoms with E-state index in [1.54, 1.807) is 6.07 Å². The fourth-order valence-electron chi connectivity index (χ4n) is 2.21. The minimum Gasteiger partial charge on any atom is -0.361 e. The normalized spacial score (nSPS) is 10.8. The van der Waals surface area contributed by atoms with Gasteiger partial charge < -0.3 is 10.3 Å². The van der Waals surface area contributed by atoms with Gasteiger partial charge in [-0.3, -0.25) is 9.78 Å². The van der Waals surface area contributed by atoms with Crippen LogP contribution >= 0.6 is 0 Å². The highest BCUT2D eigenvalue weighted by molar-refractivity contribution is 5.83. The molecule has 0 aliphatic heterocycles. The van der Waals surface area contributed by atoms with Crippen molar-refractivity contribution in [1.82, 2.24) is 15.0 Å². The lowest BCUT2D eigenvalue weighted by atomic mass is 10.2. The average molecular weight is 268 g/mol. The Balaban J connectivity index is 1.91. The Morgan fingerprint density at radius 3 is 3.00 bits per heavy atom. The summed E-state index contributed by atoms with van der Waals surface area (Å²) in [5.74, 6) is 0.479. The quantitative estimate of drug-likeness (QED) is 0.681. The highest BCUT2D eigenvalue weighted by atomic mass is 16.1. The predicted molar refractivity (Wildman–Crippen MR) is 80.4 cm³/mol. The van der Waals surface area contributed by atoms with E-state index in [1.165, 1.54) is 0 Å². The minimum absolute atomic E-state index is 0.132. The Labute approximate surface area is 116 Å². The Morgan fingerprint density at radius 1 is 1.25 bits per heavy atom. The third kappa shape index (κ3) is 2.56. The fraction of sp³-hybridized carbons (Fsp3) is 0.200. The summed E-state index contributed by atoms with van der Waals surface area (Å²) < 4.78 is 0. The first kappa shape index (κ1) is 12.5. The molecule has 5 nitrogen and oxygen atoms in total. The lowest BCUT2D eigenvalue weighted by Crippen LogP contribution is -2.12. The third-order valence-corrected chi connectivity index (χ3v) is 3.12. The molecule has 0 fully saturated rings. The number of anilines is 2. The molecule has 2 heterocycles. The van der Waals surface area contributed by atoms with Crippen LogP contribution in [0.4, 0.5) is 11.6 Å². The van der Waals surface area contributed by atoms with Gasteiger partial charge >= 0.3 is 0 Å². The summed E-state index contributed by atoms with van der Waals surface area (Å²) in [5.41, 5.74) is 2.60. The van der Waals surface area contributed by atoms with Crippen LogP contribution in [0, 0.1) is 0 Å². The molecule has 3 N–H and O–H groups in total. The Bertz CT molecular complexity index is 788. The van der Waals surface area contributed by atoms with Crippen LogP contribution in [0.5, 0.6) is 0 Å². The topological polar surface area (TPSA) is 73.6 Å². The molecule has 1 aromatic carbocycles. The maximum absolute atomic E-state index is 11.6. The molecule has 5 heteroatoms. The predicted octanol–water partition coefficient (Wildman–Crippen LogP) is 2.95. The first-order valence-corrected chi connectivity index (χ1v) is 6.69. The van der Waals surface area contributed by atoms with Crippen molar-refractivity contribution in [1.29, 1.82) is 0 Å². The second-order valence-electron chi connectivity index (χ2n) is 4.74. The van der Waals surface area contributed by atoms with Crippen molar-refractivity contribution in [2.75, 3.05) is 5.32 Å². The molecule has 0 saturated heterocycles. The summed E-state index contributed by atoms with van der Waals surface area (Å²) in [6.07, 6.45) is 3.66. The molecule has 0 radical (unpaired) electrons. The van der Waals surface area contributed by atoms with E-state index in [2.05, 4.69) is 27.2 Å². The van der Waals surface area contributed by atoms with Gasteiger partial charge in [-0.1, -0.05) is 19.4 Å². The van der Waals surface area contributed by atoms with Crippen LogP contribution in [0.15, 0.2) is 41.3 Å². The molecule has 0 spiro atoms. The van der Waals surface area contributed by atoms with Crippen molar-refractivity contribution in [3.05, 3.63) is 52.6 Å². The van der Waals surface area contributed by atoms with Gasteiger partial charge in [-0.25, -0.2) is 4.98 Å². The number of benzene rings is 1. The van der Waals surface area contributed by atoms with E-state index >= 15 is 0 Å². The third-order valence-electron chi connectivity index (χ3n) is 3.12. The molecule has 3 rings (SSSR count). The highest BCUT2D eigenvalue weighted by Gasteiger charge is 2.02. The van der Waals surface area contributed by atoms with Gasteiger partial charge in [0.2, 0.25) is 5.95 Å². The summed E-state index contributed by atoms with van der Waals surface area (Å²) in [4.78, 5) is 21.9. The zero-order valence-electron chi connectivity index (χ0n) is 11.2. The molecule has 0 bridgehead atoms. The smallest absolute Gasteiger partial charge is 0.252 e. The van der Waals surface area contributed by atoms with Crippen LogP contribution < -0.4 is 10.9 Å². The molecule has 0 atom stereocenters. The number of rotatable bonds is 4. The van der Waals surface area contributed by atoms with Crippen molar-refractivity contribution in [3.63, 3.8) is 0 Å². The van der Waals surface area contributed by atoms with E-state index in [4.69, 9.17) is 0 Å². The maximum Gasteiger partial charge on any atom is 0.252 e. The molecule has 0 amide bonds. The van der Waals surface area contributed by atoms with E-state index < -0.39 is 0 Å². The van der Waals surface area contributed by atoms with Crippen LogP contribution in [0.1, 0.15) is 19.0 Å². The Hall–Kier alpha value is -2.56. The fourth-order valence-corrected chi connectivity index (χ4v) is 2.21. The second kappa shape index (κ2) is 5.21. The number of aryl methyl sites for hydroxylation is 1. The molecule has 0 aliphatic carbocycles. The zero-order chi connectivity index (χ0) is 13.9. The summed E-state index contributed by atoms with van der Waals surface area (Å²) in [7, 11) is 0. The molecule has 0 saturated carbocycles. The molecule has 0 aliphatic rings. The largest absolute Gasteiger partial charge is 0.361 e. The van der Waals surface area contributed by atoms with E-state index in [9.17, 15) is 4.79 Å². The Kier molecular flexibility index (Phi) is 3.25. The summed E-state index contributed by atoms with van der Waals surface area (Å²) in [5, 5.41) is 4.29. The molecular formula is C15H16N4O. The van der Waals surface area contributed by atoms with Crippen LogP contribution in [-0.2, 0) is 6.42 Å². The average Bonchev–Trinajstić information content (AvgIpc) is 2.85. The van der Waals surface area contributed by atoms with Crippen LogP contribution in [-0.4, -0.2) is 15.0 Å². The number of aromatic nitrogens is 3. The summed E-state index contributed by atoms with van der Waals surface area (Å²) >= 11 is 0. The molecule has 0 unspecified atom stereocenters. The number of hydrogen-bond acceptors (Lipinski definition) is 3. The number of nitrogens with zero attached hydrogens (tertiary/aromatic N) is 1. The molecule has 3 aromatic rings. The molecule has 102 valence electrons. The van der Waals surface area contributed by atoms with Crippen LogP contribution in [0.3, 0.4) is 0 Å². The zero-order valence-corrected chi connectivity index (χ0v) is 11.2. The van der Waals surface area contributed by atoms with E-state index in [-0.39, 0.29) is 5.56 Å². The lowest BCUT2D eigenvalue weighted by Gasteiger charge is -2.07. The van der Waals surface area contributed by atoms with Gasteiger partial charge in [0.1, 0.15) is 0 Å². The number of aromatic amines is 2. The Morgan fingerprint density at radius 2 is 2.15 bits per heavy atom. The molecule has 2 aromatic heterocycles. The van der Waals surface area contributed by atoms with Gasteiger partial charge in [0.15, 0.2) is 0 Å². The van der Waals surface area contributed by atoms with Gasteiger partial charge in [0, 0.05) is 29.2 Å². The summed E-state index contributed by atoms with van der Waals surface area (Å²) in [6, 6.07) is 9.52. The maximum atomic E-state index is 11.6. The lowest BCUT2D eigenvalue weighted by molar-refractivity contribution is 0.870.